The predicted molar refractivity (Wildman–Crippen MR) is 76.6 cm³/mol. The number of hydrogen-bond acceptors (Lipinski definition) is 2. The van der Waals surface area contributed by atoms with Crippen molar-refractivity contribution in [2.75, 3.05) is 11.9 Å². The van der Waals surface area contributed by atoms with Crippen LogP contribution in [0, 0.1) is 17.8 Å². The Morgan fingerprint density at radius 1 is 1.32 bits per heavy atom. The van der Waals surface area contributed by atoms with Crippen LogP contribution in [-0.2, 0) is 4.79 Å². The molecule has 2 saturated carbocycles. The van der Waals surface area contributed by atoms with E-state index >= 15 is 0 Å². The van der Waals surface area contributed by atoms with Gasteiger partial charge >= 0.3 is 0 Å². The maximum absolute atomic E-state index is 11.4. The first-order chi connectivity index (χ1) is 9.24. The number of benzene rings is 1. The molecule has 1 N–H and O–H groups in total. The standard InChI is InChI=1S/C15H16BrNO2/c16-15(14-9-2-1-3-10(9)14)8-4-5-12-11(6-8)17-13(18)7-19-12/h4-6,9-10,14-15H,1-3,7H2,(H,17,18). The summed E-state index contributed by atoms with van der Waals surface area (Å²) in [7, 11) is 0. The van der Waals surface area contributed by atoms with Crippen LogP contribution in [0.25, 0.3) is 0 Å². The van der Waals surface area contributed by atoms with E-state index in [9.17, 15) is 4.79 Å². The van der Waals surface area contributed by atoms with Gasteiger partial charge in [0.25, 0.3) is 5.91 Å². The molecule has 1 aliphatic heterocycles. The number of alkyl halides is 1. The third kappa shape index (κ3) is 1.88. The molecule has 1 amide bonds. The molecule has 0 radical (unpaired) electrons. The van der Waals surface area contributed by atoms with Gasteiger partial charge in [-0.1, -0.05) is 28.4 Å². The number of anilines is 1. The maximum Gasteiger partial charge on any atom is 0.262 e. The summed E-state index contributed by atoms with van der Waals surface area (Å²) in [6.45, 7) is 0.122. The Bertz CT molecular complexity index is 535. The highest BCUT2D eigenvalue weighted by Crippen LogP contribution is 2.64. The van der Waals surface area contributed by atoms with Gasteiger partial charge in [-0.25, -0.2) is 0 Å². The fraction of sp³-hybridized carbons (Fsp3) is 0.533. The van der Waals surface area contributed by atoms with Crippen LogP contribution in [0.2, 0.25) is 0 Å². The number of carbonyl (C=O) groups is 1. The molecule has 1 heterocycles. The summed E-state index contributed by atoms with van der Waals surface area (Å²) >= 11 is 3.86. The van der Waals surface area contributed by atoms with Crippen molar-refractivity contribution < 1.29 is 9.53 Å². The molecule has 100 valence electrons. The molecule has 3 atom stereocenters. The van der Waals surface area contributed by atoms with E-state index in [-0.39, 0.29) is 12.5 Å². The van der Waals surface area contributed by atoms with Crippen LogP contribution in [-0.4, -0.2) is 12.5 Å². The fourth-order valence-corrected chi connectivity index (χ4v) is 4.87. The minimum atomic E-state index is -0.0703. The number of halogens is 1. The smallest absolute Gasteiger partial charge is 0.262 e. The van der Waals surface area contributed by atoms with Gasteiger partial charge in [-0.05, 0) is 48.3 Å². The minimum Gasteiger partial charge on any atom is -0.482 e. The molecule has 3 nitrogen and oxygen atoms in total. The van der Waals surface area contributed by atoms with Gasteiger partial charge in [-0.2, -0.15) is 0 Å². The first-order valence-electron chi connectivity index (χ1n) is 6.95. The Morgan fingerprint density at radius 2 is 2.11 bits per heavy atom. The average Bonchev–Trinajstić information content (AvgIpc) is 2.89. The van der Waals surface area contributed by atoms with Crippen LogP contribution in [0.3, 0.4) is 0 Å². The zero-order chi connectivity index (χ0) is 13.0. The molecule has 2 aliphatic carbocycles. The van der Waals surface area contributed by atoms with Gasteiger partial charge in [0.05, 0.1) is 5.69 Å². The second-order valence-corrected chi connectivity index (χ2v) is 6.82. The first-order valence-corrected chi connectivity index (χ1v) is 7.86. The SMILES string of the molecule is O=C1COc2ccc(C(Br)C3C4CCCC43)cc2N1. The normalized spacial score (nSPS) is 32.9. The van der Waals surface area contributed by atoms with Crippen molar-refractivity contribution in [3.63, 3.8) is 0 Å². The second-order valence-electron chi connectivity index (χ2n) is 5.83. The first kappa shape index (κ1) is 11.8. The largest absolute Gasteiger partial charge is 0.482 e. The van der Waals surface area contributed by atoms with Crippen LogP contribution in [0.1, 0.15) is 29.7 Å². The lowest BCUT2D eigenvalue weighted by Crippen LogP contribution is -2.25. The highest BCUT2D eigenvalue weighted by atomic mass is 79.9. The van der Waals surface area contributed by atoms with E-state index in [1.165, 1.54) is 24.8 Å². The third-order valence-electron chi connectivity index (χ3n) is 4.77. The summed E-state index contributed by atoms with van der Waals surface area (Å²) in [6.07, 6.45) is 4.18. The lowest BCUT2D eigenvalue weighted by Gasteiger charge is -2.20. The molecule has 2 fully saturated rings. The molecule has 3 unspecified atom stereocenters. The second kappa shape index (κ2) is 4.23. The highest BCUT2D eigenvalue weighted by molar-refractivity contribution is 9.09. The minimum absolute atomic E-state index is 0.0703. The van der Waals surface area contributed by atoms with Crippen molar-refractivity contribution in [2.24, 2.45) is 17.8 Å². The predicted octanol–water partition coefficient (Wildman–Crippen LogP) is 3.50. The molecule has 3 aliphatic rings. The Balaban J connectivity index is 1.58. The fourth-order valence-electron chi connectivity index (χ4n) is 3.81. The van der Waals surface area contributed by atoms with Crippen LogP contribution < -0.4 is 10.1 Å². The summed E-state index contributed by atoms with van der Waals surface area (Å²) < 4.78 is 5.39. The molecule has 19 heavy (non-hydrogen) atoms. The zero-order valence-electron chi connectivity index (χ0n) is 10.6. The van der Waals surface area contributed by atoms with Gasteiger partial charge in [0, 0.05) is 4.83 Å². The van der Waals surface area contributed by atoms with E-state index in [4.69, 9.17) is 4.74 Å². The topological polar surface area (TPSA) is 38.3 Å². The van der Waals surface area contributed by atoms with Gasteiger partial charge in [-0.15, -0.1) is 0 Å². The van der Waals surface area contributed by atoms with Gasteiger partial charge in [0.15, 0.2) is 6.61 Å². The summed E-state index contributed by atoms with van der Waals surface area (Å²) in [5.74, 6) is 3.34. The number of carbonyl (C=O) groups excluding carboxylic acids is 1. The Kier molecular flexibility index (Phi) is 2.62. The van der Waals surface area contributed by atoms with Crippen molar-refractivity contribution in [2.45, 2.75) is 24.1 Å². The zero-order valence-corrected chi connectivity index (χ0v) is 12.2. The molecule has 1 aromatic carbocycles. The number of amides is 1. The summed E-state index contributed by atoms with van der Waals surface area (Å²) in [5.41, 5.74) is 2.06. The summed E-state index contributed by atoms with van der Waals surface area (Å²) in [5, 5.41) is 2.88. The lowest BCUT2D eigenvalue weighted by atomic mass is 10.0. The van der Waals surface area contributed by atoms with E-state index in [0.29, 0.717) is 4.83 Å². The molecule has 0 saturated heterocycles. The number of nitrogens with one attached hydrogen (secondary N) is 1. The van der Waals surface area contributed by atoms with E-state index in [1.54, 1.807) is 0 Å². The molecule has 0 aromatic heterocycles. The molecular weight excluding hydrogens is 306 g/mol. The van der Waals surface area contributed by atoms with Gasteiger partial charge < -0.3 is 10.1 Å². The van der Waals surface area contributed by atoms with E-state index in [2.05, 4.69) is 33.4 Å². The molecule has 0 bridgehead atoms. The monoisotopic (exact) mass is 321 g/mol. The maximum atomic E-state index is 11.4. The highest BCUT2D eigenvalue weighted by Gasteiger charge is 2.55. The van der Waals surface area contributed by atoms with Gasteiger partial charge in [0.1, 0.15) is 5.75 Å². The van der Waals surface area contributed by atoms with Crippen LogP contribution in [0.4, 0.5) is 5.69 Å². The van der Waals surface area contributed by atoms with Crippen molar-refractivity contribution in [1.82, 2.24) is 0 Å². The molecule has 1 aromatic rings. The van der Waals surface area contributed by atoms with Crippen molar-refractivity contribution in [3.05, 3.63) is 23.8 Å². The number of rotatable bonds is 2. The van der Waals surface area contributed by atoms with Gasteiger partial charge in [-0.3, -0.25) is 4.79 Å². The van der Waals surface area contributed by atoms with E-state index < -0.39 is 0 Å². The van der Waals surface area contributed by atoms with Gasteiger partial charge in [0.2, 0.25) is 0 Å². The van der Waals surface area contributed by atoms with Crippen LogP contribution >= 0.6 is 15.9 Å². The quantitative estimate of drug-likeness (QED) is 0.847. The Hall–Kier alpha value is -1.03. The van der Waals surface area contributed by atoms with Crippen LogP contribution in [0.5, 0.6) is 5.75 Å². The number of ether oxygens (including phenoxy) is 1. The molecule has 0 spiro atoms. The molecular formula is C15H16BrNO2. The van der Waals surface area contributed by atoms with Crippen molar-refractivity contribution in [3.8, 4) is 5.75 Å². The summed E-state index contributed by atoms with van der Waals surface area (Å²) in [6, 6.07) is 6.14. The van der Waals surface area contributed by atoms with E-state index in [0.717, 1.165) is 29.2 Å². The molecule has 4 rings (SSSR count). The summed E-state index contributed by atoms with van der Waals surface area (Å²) in [4.78, 5) is 11.8. The number of hydrogen-bond donors (Lipinski definition) is 1. The Morgan fingerprint density at radius 3 is 2.89 bits per heavy atom. The van der Waals surface area contributed by atoms with E-state index in [1.807, 2.05) is 6.07 Å². The van der Waals surface area contributed by atoms with Crippen molar-refractivity contribution >= 4 is 27.5 Å². The molecule has 4 heteroatoms. The van der Waals surface area contributed by atoms with Crippen molar-refractivity contribution in [1.29, 1.82) is 0 Å². The average molecular weight is 322 g/mol. The van der Waals surface area contributed by atoms with Crippen LogP contribution in [0.15, 0.2) is 18.2 Å². The lowest BCUT2D eigenvalue weighted by molar-refractivity contribution is -0.118. The number of fused-ring (bicyclic) bond motifs is 2. The Labute approximate surface area is 120 Å². The third-order valence-corrected chi connectivity index (χ3v) is 5.90.